The van der Waals surface area contributed by atoms with Crippen LogP contribution in [0, 0.1) is 6.92 Å². The first kappa shape index (κ1) is 18.4. The Hall–Kier alpha value is -0.680. The molecule has 0 aromatic heterocycles. The van der Waals surface area contributed by atoms with E-state index < -0.39 is 20.0 Å². The van der Waals surface area contributed by atoms with E-state index in [9.17, 15) is 16.8 Å². The smallest absolute Gasteiger partial charge is 0.238 e. The Morgan fingerprint density at radius 2 is 1.90 bits per heavy atom. The largest absolute Gasteiger partial charge is 0.385 e. The second-order valence-electron chi connectivity index (χ2n) is 4.41. The van der Waals surface area contributed by atoms with Gasteiger partial charge in [0, 0.05) is 18.2 Å². The molecule has 0 bridgehead atoms. The van der Waals surface area contributed by atoms with Crippen LogP contribution in [-0.2, 0) is 24.8 Å². The molecule has 0 radical (unpaired) electrons. The van der Waals surface area contributed by atoms with Crippen LogP contribution in [0.15, 0.2) is 21.5 Å². The molecule has 120 valence electrons. The molecular formula is C11H17BrN2O5S2. The Morgan fingerprint density at radius 1 is 1.29 bits per heavy atom. The fraction of sp³-hybridized carbons (Fsp3) is 0.455. The van der Waals surface area contributed by atoms with Crippen molar-refractivity contribution in [2.24, 2.45) is 5.14 Å². The molecule has 0 amide bonds. The number of hydrogen-bond donors (Lipinski definition) is 2. The van der Waals surface area contributed by atoms with E-state index in [0.29, 0.717) is 23.1 Å². The molecule has 7 nitrogen and oxygen atoms in total. The summed E-state index contributed by atoms with van der Waals surface area (Å²) in [5, 5.41) is 5.08. The third kappa shape index (κ3) is 5.55. The van der Waals surface area contributed by atoms with Crippen LogP contribution in [-0.4, -0.2) is 36.3 Å². The average Bonchev–Trinajstić information content (AvgIpc) is 2.31. The van der Waals surface area contributed by atoms with Gasteiger partial charge in [0.2, 0.25) is 20.0 Å². The number of sulfonamides is 2. The predicted octanol–water partition coefficient (Wildman–Crippen LogP) is 1.18. The monoisotopic (exact) mass is 400 g/mol. The maximum atomic E-state index is 11.9. The Kier molecular flexibility index (Phi) is 6.17. The zero-order valence-electron chi connectivity index (χ0n) is 11.6. The van der Waals surface area contributed by atoms with E-state index in [1.807, 2.05) is 0 Å². The molecule has 1 rings (SSSR count). The van der Waals surface area contributed by atoms with Crippen LogP contribution in [0.4, 0.5) is 5.69 Å². The SMILES string of the molecule is COCCCS(=O)(=O)Nc1cc(C)c(S(N)(=O)=O)cc1Br. The molecule has 0 spiro atoms. The molecule has 0 unspecified atom stereocenters. The first-order valence-corrected chi connectivity index (χ1v) is 9.88. The number of hydrogen-bond acceptors (Lipinski definition) is 5. The van der Waals surface area contributed by atoms with Crippen molar-refractivity contribution in [2.75, 3.05) is 24.2 Å². The van der Waals surface area contributed by atoms with Crippen LogP contribution >= 0.6 is 15.9 Å². The van der Waals surface area contributed by atoms with E-state index in [-0.39, 0.29) is 16.3 Å². The van der Waals surface area contributed by atoms with Crippen molar-refractivity contribution < 1.29 is 21.6 Å². The molecule has 0 aliphatic rings. The number of benzene rings is 1. The lowest BCUT2D eigenvalue weighted by Gasteiger charge is -2.12. The number of nitrogens with one attached hydrogen (secondary N) is 1. The third-order valence-corrected chi connectivity index (χ3v) is 5.66. The van der Waals surface area contributed by atoms with E-state index in [4.69, 9.17) is 9.88 Å². The van der Waals surface area contributed by atoms with Crippen molar-refractivity contribution in [2.45, 2.75) is 18.2 Å². The van der Waals surface area contributed by atoms with Crippen molar-refractivity contribution in [3.8, 4) is 0 Å². The minimum Gasteiger partial charge on any atom is -0.385 e. The summed E-state index contributed by atoms with van der Waals surface area (Å²) in [6, 6.07) is 2.69. The highest BCUT2D eigenvalue weighted by atomic mass is 79.9. The molecule has 0 saturated carbocycles. The quantitative estimate of drug-likeness (QED) is 0.666. The number of nitrogens with two attached hydrogens (primary N) is 1. The number of halogens is 1. The molecule has 0 heterocycles. The van der Waals surface area contributed by atoms with Crippen LogP contribution in [0.3, 0.4) is 0 Å². The lowest BCUT2D eigenvalue weighted by atomic mass is 10.2. The summed E-state index contributed by atoms with van der Waals surface area (Å²) in [6.07, 6.45) is 0.359. The van der Waals surface area contributed by atoms with Crippen LogP contribution in [0.2, 0.25) is 0 Å². The Balaban J connectivity index is 3.03. The standard InChI is InChI=1S/C11H17BrN2O5S2/c1-8-6-10(9(12)7-11(8)21(13,17)18)14-20(15,16)5-3-4-19-2/h6-7,14H,3-5H2,1-2H3,(H2,13,17,18). The van der Waals surface area contributed by atoms with Gasteiger partial charge in [0.25, 0.3) is 0 Å². The molecule has 1 aromatic rings. The Bertz CT molecular complexity index is 716. The maximum absolute atomic E-state index is 11.9. The fourth-order valence-electron chi connectivity index (χ4n) is 1.66. The summed E-state index contributed by atoms with van der Waals surface area (Å²) >= 11 is 3.14. The van der Waals surface area contributed by atoms with Crippen molar-refractivity contribution in [1.29, 1.82) is 0 Å². The van der Waals surface area contributed by atoms with E-state index in [1.165, 1.54) is 26.2 Å². The summed E-state index contributed by atoms with van der Waals surface area (Å²) in [4.78, 5) is -0.0586. The minimum atomic E-state index is -3.86. The second-order valence-corrected chi connectivity index (χ2v) is 8.64. The van der Waals surface area contributed by atoms with Gasteiger partial charge in [-0.1, -0.05) is 0 Å². The van der Waals surface area contributed by atoms with Crippen LogP contribution < -0.4 is 9.86 Å². The van der Waals surface area contributed by atoms with E-state index >= 15 is 0 Å². The van der Waals surface area contributed by atoms with Crippen molar-refractivity contribution in [1.82, 2.24) is 0 Å². The van der Waals surface area contributed by atoms with Gasteiger partial charge in [-0.2, -0.15) is 0 Å². The van der Waals surface area contributed by atoms with Gasteiger partial charge in [-0.3, -0.25) is 4.72 Å². The highest BCUT2D eigenvalue weighted by molar-refractivity contribution is 9.10. The number of primary sulfonamides is 1. The van der Waals surface area contributed by atoms with Crippen molar-refractivity contribution in [3.63, 3.8) is 0 Å². The van der Waals surface area contributed by atoms with Crippen molar-refractivity contribution in [3.05, 3.63) is 22.2 Å². The second kappa shape index (κ2) is 7.05. The van der Waals surface area contributed by atoms with E-state index in [1.54, 1.807) is 0 Å². The lowest BCUT2D eigenvalue weighted by molar-refractivity contribution is 0.199. The molecule has 0 aliphatic heterocycles. The minimum absolute atomic E-state index is 0.0586. The van der Waals surface area contributed by atoms with Crippen LogP contribution in [0.25, 0.3) is 0 Å². The molecular weight excluding hydrogens is 384 g/mol. The summed E-state index contributed by atoms with van der Waals surface area (Å²) in [7, 11) is -5.90. The summed E-state index contributed by atoms with van der Waals surface area (Å²) < 4.78 is 54.0. The fourth-order valence-corrected chi connectivity index (χ4v) is 4.28. The van der Waals surface area contributed by atoms with Gasteiger partial charge < -0.3 is 4.74 Å². The van der Waals surface area contributed by atoms with Crippen molar-refractivity contribution >= 4 is 41.7 Å². The molecule has 0 fully saturated rings. The molecule has 3 N–H and O–H groups in total. The zero-order chi connectivity index (χ0) is 16.3. The highest BCUT2D eigenvalue weighted by Crippen LogP contribution is 2.29. The Labute approximate surface area is 133 Å². The van der Waals surface area contributed by atoms with Gasteiger partial charge in [0.05, 0.1) is 16.3 Å². The van der Waals surface area contributed by atoms with Gasteiger partial charge >= 0.3 is 0 Å². The molecule has 0 saturated heterocycles. The lowest BCUT2D eigenvalue weighted by Crippen LogP contribution is -2.19. The number of rotatable bonds is 7. The van der Waals surface area contributed by atoms with Gasteiger partial charge in [-0.25, -0.2) is 22.0 Å². The van der Waals surface area contributed by atoms with Crippen LogP contribution in [0.1, 0.15) is 12.0 Å². The molecule has 0 atom stereocenters. The maximum Gasteiger partial charge on any atom is 0.238 e. The number of methoxy groups -OCH3 is 1. The zero-order valence-corrected chi connectivity index (χ0v) is 14.8. The Morgan fingerprint density at radius 3 is 2.43 bits per heavy atom. The molecule has 10 heteroatoms. The summed E-state index contributed by atoms with van der Waals surface area (Å²) in [5.74, 6) is -0.0940. The number of ether oxygens (including phenoxy) is 1. The predicted molar refractivity (Wildman–Crippen MR) is 84.2 cm³/mol. The topological polar surface area (TPSA) is 116 Å². The normalized spacial score (nSPS) is 12.4. The number of anilines is 1. The highest BCUT2D eigenvalue weighted by Gasteiger charge is 2.17. The summed E-state index contributed by atoms with van der Waals surface area (Å²) in [6.45, 7) is 1.88. The van der Waals surface area contributed by atoms with Gasteiger partial charge in [-0.05, 0) is 47.0 Å². The third-order valence-electron chi connectivity index (χ3n) is 2.60. The molecule has 0 aliphatic carbocycles. The summed E-state index contributed by atoms with van der Waals surface area (Å²) in [5.41, 5.74) is 0.618. The number of aryl methyl sites for hydroxylation is 1. The van der Waals surface area contributed by atoms with E-state index in [0.717, 1.165) is 0 Å². The first-order chi connectivity index (χ1) is 9.57. The first-order valence-electron chi connectivity index (χ1n) is 5.89. The molecule has 21 heavy (non-hydrogen) atoms. The van der Waals surface area contributed by atoms with Gasteiger partial charge in [0.1, 0.15) is 0 Å². The van der Waals surface area contributed by atoms with Gasteiger partial charge in [-0.15, -0.1) is 0 Å². The van der Waals surface area contributed by atoms with Crippen LogP contribution in [0.5, 0.6) is 0 Å². The van der Waals surface area contributed by atoms with Gasteiger partial charge in [0.15, 0.2) is 0 Å². The molecule has 1 aromatic carbocycles. The average molecular weight is 401 g/mol. The van der Waals surface area contributed by atoms with E-state index in [2.05, 4.69) is 20.7 Å².